The fourth-order valence-corrected chi connectivity index (χ4v) is 5.75. The molecule has 0 saturated carbocycles. The van der Waals surface area contributed by atoms with Crippen LogP contribution in [0.2, 0.25) is 0 Å². The summed E-state index contributed by atoms with van der Waals surface area (Å²) in [6, 6.07) is 17.1. The number of thiazole rings is 1. The van der Waals surface area contributed by atoms with E-state index < -0.39 is 23.5 Å². The molecule has 1 saturated heterocycles. The minimum absolute atomic E-state index is 0.0651. The summed E-state index contributed by atoms with van der Waals surface area (Å²) in [7, 11) is 0. The Kier molecular flexibility index (Phi) is 8.64. The van der Waals surface area contributed by atoms with Gasteiger partial charge >= 0.3 is 5.91 Å². The first-order valence-corrected chi connectivity index (χ1v) is 14.6. The maximum atomic E-state index is 13.9. The highest BCUT2D eigenvalue weighted by Crippen LogP contribution is 2.44. The van der Waals surface area contributed by atoms with Crippen LogP contribution in [0.3, 0.4) is 0 Å². The molecule has 1 fully saturated rings. The van der Waals surface area contributed by atoms with Crippen LogP contribution in [0.1, 0.15) is 56.7 Å². The minimum Gasteiger partial charge on any atom is -0.507 e. The van der Waals surface area contributed by atoms with Crippen LogP contribution >= 0.6 is 11.3 Å². The van der Waals surface area contributed by atoms with Crippen molar-refractivity contribution in [2.45, 2.75) is 45.6 Å². The molecule has 7 nitrogen and oxygen atoms in total. The number of fused-ring (bicyclic) bond motifs is 1. The molecule has 0 bridgehead atoms. The highest BCUT2D eigenvalue weighted by Gasteiger charge is 2.48. The molecule has 0 radical (unpaired) electrons. The summed E-state index contributed by atoms with van der Waals surface area (Å²) in [6.07, 6.45) is 3.92. The Labute approximate surface area is 241 Å². The summed E-state index contributed by atoms with van der Waals surface area (Å²) in [5.74, 6) is -1.19. The van der Waals surface area contributed by atoms with E-state index in [1.54, 1.807) is 48.5 Å². The van der Waals surface area contributed by atoms with Crippen LogP contribution in [0.25, 0.3) is 16.0 Å². The Hall–Kier alpha value is -4.24. The summed E-state index contributed by atoms with van der Waals surface area (Å²) in [5.41, 5.74) is 1.38. The molecular formula is C32H31FN2O5S. The molecule has 9 heteroatoms. The Morgan fingerprint density at radius 1 is 0.951 bits per heavy atom. The van der Waals surface area contributed by atoms with E-state index in [4.69, 9.17) is 9.47 Å². The van der Waals surface area contributed by atoms with Crippen molar-refractivity contribution in [3.05, 3.63) is 89.2 Å². The second kappa shape index (κ2) is 12.5. The third-order valence-corrected chi connectivity index (χ3v) is 7.80. The largest absolute Gasteiger partial charge is 0.507 e. The summed E-state index contributed by atoms with van der Waals surface area (Å²) in [6.45, 7) is 5.20. The first-order valence-electron chi connectivity index (χ1n) is 13.7. The molecule has 0 aliphatic carbocycles. The number of benzene rings is 3. The summed E-state index contributed by atoms with van der Waals surface area (Å²) >= 11 is 1.11. The van der Waals surface area contributed by atoms with Gasteiger partial charge in [0.15, 0.2) is 5.13 Å². The third-order valence-electron chi connectivity index (χ3n) is 6.78. The van der Waals surface area contributed by atoms with Crippen LogP contribution < -0.4 is 14.4 Å². The molecule has 212 valence electrons. The minimum atomic E-state index is -0.963. The molecule has 1 amide bonds. The van der Waals surface area contributed by atoms with Gasteiger partial charge in [-0.25, -0.2) is 9.37 Å². The smallest absolute Gasteiger partial charge is 0.301 e. The van der Waals surface area contributed by atoms with Crippen LogP contribution in [0.4, 0.5) is 9.52 Å². The Balaban J connectivity index is 1.59. The maximum Gasteiger partial charge on any atom is 0.301 e. The van der Waals surface area contributed by atoms with Gasteiger partial charge in [-0.05, 0) is 60.9 Å². The van der Waals surface area contributed by atoms with E-state index in [0.29, 0.717) is 46.1 Å². The SMILES string of the molecule is CCCCCOc1ccc(C2/C(=C(\O)c3cccc(OCCC)c3)C(=O)C(=O)N2c2nc3ccc(F)cc3s2)cc1. The lowest BCUT2D eigenvalue weighted by Gasteiger charge is -2.23. The van der Waals surface area contributed by atoms with E-state index >= 15 is 0 Å². The van der Waals surface area contributed by atoms with Crippen molar-refractivity contribution in [3.63, 3.8) is 0 Å². The van der Waals surface area contributed by atoms with E-state index in [1.807, 2.05) is 6.92 Å². The topological polar surface area (TPSA) is 89.0 Å². The third kappa shape index (κ3) is 5.95. The Bertz CT molecular complexity index is 1600. The predicted molar refractivity (Wildman–Crippen MR) is 158 cm³/mol. The van der Waals surface area contributed by atoms with Crippen molar-refractivity contribution in [1.29, 1.82) is 0 Å². The number of ether oxygens (including phenoxy) is 2. The van der Waals surface area contributed by atoms with Crippen molar-refractivity contribution < 1.29 is 28.6 Å². The summed E-state index contributed by atoms with van der Waals surface area (Å²) in [5, 5.41) is 11.7. The first-order chi connectivity index (χ1) is 19.9. The van der Waals surface area contributed by atoms with Crippen LogP contribution in [-0.4, -0.2) is 35.0 Å². The second-order valence-electron chi connectivity index (χ2n) is 9.78. The molecule has 3 aromatic carbocycles. The van der Waals surface area contributed by atoms with Gasteiger partial charge in [0, 0.05) is 5.56 Å². The zero-order valence-electron chi connectivity index (χ0n) is 22.9. The van der Waals surface area contributed by atoms with Crippen molar-refractivity contribution in [3.8, 4) is 11.5 Å². The van der Waals surface area contributed by atoms with Crippen LogP contribution in [0, 0.1) is 5.82 Å². The van der Waals surface area contributed by atoms with E-state index in [0.717, 1.165) is 37.0 Å². The molecule has 4 aromatic rings. The lowest BCUT2D eigenvalue weighted by Crippen LogP contribution is -2.29. The normalized spacial score (nSPS) is 16.5. The van der Waals surface area contributed by atoms with E-state index in [1.165, 1.54) is 23.1 Å². The molecule has 1 aliphatic heterocycles. The highest BCUT2D eigenvalue weighted by molar-refractivity contribution is 7.22. The molecule has 1 atom stereocenters. The lowest BCUT2D eigenvalue weighted by atomic mass is 9.95. The molecule has 41 heavy (non-hydrogen) atoms. The number of Topliss-reactive ketones (excluding diaryl/α,β-unsaturated/α-hetero) is 1. The fraction of sp³-hybridized carbons (Fsp3) is 0.281. The van der Waals surface area contributed by atoms with Crippen LogP contribution in [-0.2, 0) is 9.59 Å². The Morgan fingerprint density at radius 2 is 1.73 bits per heavy atom. The maximum absolute atomic E-state index is 13.9. The molecule has 1 aliphatic rings. The average molecular weight is 575 g/mol. The van der Waals surface area contributed by atoms with Gasteiger partial charge < -0.3 is 14.6 Å². The van der Waals surface area contributed by atoms with E-state index in [-0.39, 0.29) is 16.5 Å². The second-order valence-corrected chi connectivity index (χ2v) is 10.8. The number of carbonyl (C=O) groups excluding carboxylic acids is 2. The van der Waals surface area contributed by atoms with Gasteiger partial charge in [-0.15, -0.1) is 0 Å². The highest BCUT2D eigenvalue weighted by atomic mass is 32.1. The molecule has 5 rings (SSSR count). The first kappa shape index (κ1) is 28.3. The van der Waals surface area contributed by atoms with E-state index in [9.17, 15) is 19.1 Å². The van der Waals surface area contributed by atoms with Gasteiger partial charge in [0.05, 0.1) is 35.0 Å². The van der Waals surface area contributed by atoms with Crippen molar-refractivity contribution in [1.82, 2.24) is 4.98 Å². The number of aromatic nitrogens is 1. The molecule has 1 aromatic heterocycles. The van der Waals surface area contributed by atoms with Crippen molar-refractivity contribution >= 4 is 44.1 Å². The van der Waals surface area contributed by atoms with Crippen molar-refractivity contribution in [2.24, 2.45) is 0 Å². The van der Waals surface area contributed by atoms with Gasteiger partial charge in [-0.1, -0.05) is 62.3 Å². The molecule has 0 spiro atoms. The zero-order chi connectivity index (χ0) is 28.9. The van der Waals surface area contributed by atoms with Gasteiger partial charge in [0.25, 0.3) is 5.78 Å². The molecule has 1 N–H and O–H groups in total. The predicted octanol–water partition coefficient (Wildman–Crippen LogP) is 7.42. The quantitative estimate of drug-likeness (QED) is 0.0868. The number of aliphatic hydroxyl groups excluding tert-OH is 1. The summed E-state index contributed by atoms with van der Waals surface area (Å²) < 4.78 is 26.0. The van der Waals surface area contributed by atoms with Gasteiger partial charge in [-0.3, -0.25) is 14.5 Å². The number of hydrogen-bond donors (Lipinski definition) is 1. The van der Waals surface area contributed by atoms with Crippen LogP contribution in [0.15, 0.2) is 72.3 Å². The number of rotatable bonds is 11. The average Bonchev–Trinajstić information content (AvgIpc) is 3.51. The van der Waals surface area contributed by atoms with Crippen LogP contribution in [0.5, 0.6) is 11.5 Å². The van der Waals surface area contributed by atoms with Crippen molar-refractivity contribution in [2.75, 3.05) is 18.1 Å². The number of carbonyl (C=O) groups is 2. The molecular weight excluding hydrogens is 543 g/mol. The number of halogens is 1. The fourth-order valence-electron chi connectivity index (χ4n) is 4.73. The number of hydrogen-bond acceptors (Lipinski definition) is 7. The number of ketones is 1. The summed E-state index contributed by atoms with van der Waals surface area (Å²) in [4.78, 5) is 32.9. The van der Waals surface area contributed by atoms with Gasteiger partial charge in [-0.2, -0.15) is 0 Å². The number of anilines is 1. The van der Waals surface area contributed by atoms with Gasteiger partial charge in [0.2, 0.25) is 0 Å². The van der Waals surface area contributed by atoms with Gasteiger partial charge in [0.1, 0.15) is 23.1 Å². The number of nitrogens with zero attached hydrogens (tertiary/aromatic N) is 2. The number of aliphatic hydroxyl groups is 1. The molecule has 1 unspecified atom stereocenters. The lowest BCUT2D eigenvalue weighted by molar-refractivity contribution is -0.132. The number of unbranched alkanes of at least 4 members (excludes halogenated alkanes) is 2. The monoisotopic (exact) mass is 574 g/mol. The standard InChI is InChI=1S/C32H31FN2O5S/c1-3-5-6-17-40-23-13-10-20(11-14-23)28-27(29(36)21-8-7-9-24(18-21)39-16-4-2)30(37)31(38)35(28)32-34-25-15-12-22(33)19-26(25)41-32/h7-15,18-19,28,36H,3-6,16-17H2,1-2H3/b29-27+. The van der Waals surface area contributed by atoms with E-state index in [2.05, 4.69) is 11.9 Å². The zero-order valence-corrected chi connectivity index (χ0v) is 23.7. The molecule has 2 heterocycles. The Morgan fingerprint density at radius 3 is 2.49 bits per heavy atom. The number of amides is 1.